The van der Waals surface area contributed by atoms with Crippen LogP contribution in [-0.4, -0.2) is 48.4 Å². The Morgan fingerprint density at radius 3 is 2.46 bits per heavy atom. The molecule has 2 heterocycles. The van der Waals surface area contributed by atoms with E-state index in [1.165, 1.54) is 0 Å². The van der Waals surface area contributed by atoms with E-state index in [9.17, 15) is 4.79 Å². The van der Waals surface area contributed by atoms with Crippen LogP contribution in [0.15, 0.2) is 60.8 Å². The molecule has 0 unspecified atom stereocenters. The first-order valence-corrected chi connectivity index (χ1v) is 8.45. The highest BCUT2D eigenvalue weighted by atomic mass is 16.1. The Balaban J connectivity index is 1.40. The first-order chi connectivity index (χ1) is 11.8. The molecule has 1 aliphatic heterocycles. The van der Waals surface area contributed by atoms with E-state index in [1.807, 2.05) is 60.8 Å². The topological polar surface area (TPSA) is 36.4 Å². The maximum absolute atomic E-state index is 12.0. The van der Waals surface area contributed by atoms with Crippen molar-refractivity contribution in [1.82, 2.24) is 9.88 Å². The van der Waals surface area contributed by atoms with Gasteiger partial charge in [0.1, 0.15) is 5.82 Å². The highest BCUT2D eigenvalue weighted by molar-refractivity contribution is 5.93. The van der Waals surface area contributed by atoms with E-state index in [0.29, 0.717) is 6.42 Å². The molecule has 4 heteroatoms. The average Bonchev–Trinajstić information content (AvgIpc) is 2.67. The van der Waals surface area contributed by atoms with Crippen LogP contribution in [0, 0.1) is 0 Å². The molecule has 1 aromatic heterocycles. The van der Waals surface area contributed by atoms with Crippen LogP contribution in [-0.2, 0) is 4.79 Å². The average molecular weight is 321 g/mol. The standard InChI is InChI=1S/C20H23N3O/c24-19(10-9-18-6-2-1-3-7-18)11-13-22-14-16-23(17-15-22)20-8-4-5-12-21-20/h1-10,12H,11,13-17H2/b10-9+. The number of hydrogen-bond donors (Lipinski definition) is 0. The highest BCUT2D eigenvalue weighted by Crippen LogP contribution is 2.12. The minimum absolute atomic E-state index is 0.186. The first-order valence-electron chi connectivity index (χ1n) is 8.45. The van der Waals surface area contributed by atoms with Crippen molar-refractivity contribution in [3.05, 3.63) is 66.4 Å². The van der Waals surface area contributed by atoms with Crippen molar-refractivity contribution < 1.29 is 4.79 Å². The van der Waals surface area contributed by atoms with Gasteiger partial charge in [-0.15, -0.1) is 0 Å². The lowest BCUT2D eigenvalue weighted by atomic mass is 10.1. The second-order valence-electron chi connectivity index (χ2n) is 5.98. The summed E-state index contributed by atoms with van der Waals surface area (Å²) >= 11 is 0. The Labute approximate surface area is 143 Å². The molecule has 1 fully saturated rings. The molecule has 3 rings (SSSR count). The molecule has 2 aromatic rings. The van der Waals surface area contributed by atoms with Crippen molar-refractivity contribution >= 4 is 17.7 Å². The normalized spacial score (nSPS) is 15.8. The van der Waals surface area contributed by atoms with E-state index >= 15 is 0 Å². The Kier molecular flexibility index (Phi) is 5.75. The van der Waals surface area contributed by atoms with Crippen molar-refractivity contribution in [1.29, 1.82) is 0 Å². The quantitative estimate of drug-likeness (QED) is 0.767. The lowest BCUT2D eigenvalue weighted by Gasteiger charge is -2.35. The minimum atomic E-state index is 0.186. The largest absolute Gasteiger partial charge is 0.354 e. The Hall–Kier alpha value is -2.46. The van der Waals surface area contributed by atoms with Gasteiger partial charge in [-0.3, -0.25) is 9.69 Å². The smallest absolute Gasteiger partial charge is 0.156 e. The Morgan fingerprint density at radius 1 is 1.00 bits per heavy atom. The summed E-state index contributed by atoms with van der Waals surface area (Å²) in [6.45, 7) is 4.71. The SMILES string of the molecule is O=C(/C=C/c1ccccc1)CCN1CCN(c2ccccn2)CC1. The van der Waals surface area contributed by atoms with E-state index in [0.717, 1.165) is 44.1 Å². The molecule has 0 bridgehead atoms. The molecule has 0 saturated carbocycles. The fourth-order valence-corrected chi connectivity index (χ4v) is 2.85. The number of piperazine rings is 1. The summed E-state index contributed by atoms with van der Waals surface area (Å²) < 4.78 is 0. The third-order valence-corrected chi connectivity index (χ3v) is 4.28. The van der Waals surface area contributed by atoms with Crippen LogP contribution in [0.1, 0.15) is 12.0 Å². The molecule has 1 saturated heterocycles. The molecule has 0 atom stereocenters. The van der Waals surface area contributed by atoms with Gasteiger partial charge in [0.05, 0.1) is 0 Å². The van der Waals surface area contributed by atoms with Gasteiger partial charge in [-0.05, 0) is 23.8 Å². The monoisotopic (exact) mass is 321 g/mol. The lowest BCUT2D eigenvalue weighted by molar-refractivity contribution is -0.114. The summed E-state index contributed by atoms with van der Waals surface area (Å²) in [5.41, 5.74) is 1.06. The molecule has 1 aromatic carbocycles. The van der Waals surface area contributed by atoms with Crippen LogP contribution in [0.3, 0.4) is 0 Å². The van der Waals surface area contributed by atoms with Crippen LogP contribution in [0.25, 0.3) is 6.08 Å². The second-order valence-corrected chi connectivity index (χ2v) is 5.98. The Bertz CT molecular complexity index is 662. The Morgan fingerprint density at radius 2 is 1.75 bits per heavy atom. The maximum Gasteiger partial charge on any atom is 0.156 e. The number of allylic oxidation sites excluding steroid dienone is 1. The number of hydrogen-bond acceptors (Lipinski definition) is 4. The molecule has 0 aliphatic carbocycles. The summed E-state index contributed by atoms with van der Waals surface area (Å²) in [6.07, 6.45) is 5.99. The molecule has 24 heavy (non-hydrogen) atoms. The molecule has 0 amide bonds. The van der Waals surface area contributed by atoms with Crippen molar-refractivity contribution in [2.24, 2.45) is 0 Å². The third kappa shape index (κ3) is 4.77. The van der Waals surface area contributed by atoms with E-state index in [4.69, 9.17) is 0 Å². The summed E-state index contributed by atoms with van der Waals surface area (Å²) in [5.74, 6) is 1.23. The zero-order valence-corrected chi connectivity index (χ0v) is 13.8. The van der Waals surface area contributed by atoms with Gasteiger partial charge in [-0.2, -0.15) is 0 Å². The summed E-state index contributed by atoms with van der Waals surface area (Å²) in [4.78, 5) is 21.1. The van der Waals surface area contributed by atoms with Crippen LogP contribution < -0.4 is 4.90 Å². The van der Waals surface area contributed by atoms with Gasteiger partial charge in [0, 0.05) is 45.3 Å². The summed E-state index contributed by atoms with van der Waals surface area (Å²) in [6, 6.07) is 15.9. The number of ketones is 1. The highest BCUT2D eigenvalue weighted by Gasteiger charge is 2.17. The van der Waals surface area contributed by atoms with Gasteiger partial charge >= 0.3 is 0 Å². The van der Waals surface area contributed by atoms with Crippen LogP contribution in [0.5, 0.6) is 0 Å². The first kappa shape index (κ1) is 16.4. The fourth-order valence-electron chi connectivity index (χ4n) is 2.85. The van der Waals surface area contributed by atoms with Gasteiger partial charge < -0.3 is 4.90 Å². The fraction of sp³-hybridized carbons (Fsp3) is 0.300. The summed E-state index contributed by atoms with van der Waals surface area (Å²) in [5, 5.41) is 0. The number of nitrogens with zero attached hydrogens (tertiary/aromatic N) is 3. The number of rotatable bonds is 6. The van der Waals surface area contributed by atoms with Gasteiger partial charge in [-0.1, -0.05) is 42.5 Å². The zero-order chi connectivity index (χ0) is 16.6. The number of anilines is 1. The molecular weight excluding hydrogens is 298 g/mol. The molecule has 124 valence electrons. The molecule has 0 radical (unpaired) electrons. The van der Waals surface area contributed by atoms with Gasteiger partial charge in [0.25, 0.3) is 0 Å². The van der Waals surface area contributed by atoms with Gasteiger partial charge in [0.2, 0.25) is 0 Å². The van der Waals surface area contributed by atoms with E-state index in [-0.39, 0.29) is 5.78 Å². The molecular formula is C20H23N3O. The zero-order valence-electron chi connectivity index (χ0n) is 13.8. The van der Waals surface area contributed by atoms with Crippen molar-refractivity contribution in [2.45, 2.75) is 6.42 Å². The van der Waals surface area contributed by atoms with E-state index < -0.39 is 0 Å². The number of carbonyl (C=O) groups excluding carboxylic acids is 1. The second kappa shape index (κ2) is 8.41. The predicted octanol–water partition coefficient (Wildman–Crippen LogP) is 2.88. The van der Waals surface area contributed by atoms with Gasteiger partial charge in [-0.25, -0.2) is 4.98 Å². The lowest BCUT2D eigenvalue weighted by Crippen LogP contribution is -2.47. The number of pyridine rings is 1. The van der Waals surface area contributed by atoms with Crippen molar-refractivity contribution in [2.75, 3.05) is 37.6 Å². The number of carbonyl (C=O) groups is 1. The molecule has 0 N–H and O–H groups in total. The van der Waals surface area contributed by atoms with Crippen molar-refractivity contribution in [3.8, 4) is 0 Å². The molecule has 0 spiro atoms. The van der Waals surface area contributed by atoms with Crippen LogP contribution in [0.4, 0.5) is 5.82 Å². The van der Waals surface area contributed by atoms with Crippen LogP contribution in [0.2, 0.25) is 0 Å². The third-order valence-electron chi connectivity index (χ3n) is 4.28. The van der Waals surface area contributed by atoms with E-state index in [2.05, 4.69) is 14.8 Å². The molecule has 1 aliphatic rings. The molecule has 4 nitrogen and oxygen atoms in total. The predicted molar refractivity (Wildman–Crippen MR) is 98.0 cm³/mol. The minimum Gasteiger partial charge on any atom is -0.354 e. The maximum atomic E-state index is 12.0. The number of benzene rings is 1. The van der Waals surface area contributed by atoms with E-state index in [1.54, 1.807) is 6.08 Å². The number of aromatic nitrogens is 1. The van der Waals surface area contributed by atoms with Gasteiger partial charge in [0.15, 0.2) is 5.78 Å². The van der Waals surface area contributed by atoms with Crippen molar-refractivity contribution in [3.63, 3.8) is 0 Å². The van der Waals surface area contributed by atoms with Crippen LogP contribution >= 0.6 is 0 Å². The summed E-state index contributed by atoms with van der Waals surface area (Å²) in [7, 11) is 0.